The lowest BCUT2D eigenvalue weighted by Crippen LogP contribution is -2.47. The van der Waals surface area contributed by atoms with Crippen molar-refractivity contribution in [2.45, 2.75) is 386 Å². The predicted molar refractivity (Wildman–Crippen MR) is 383 cm³/mol. The highest BCUT2D eigenvalue weighted by atomic mass is 31.2. The summed E-state index contributed by atoms with van der Waals surface area (Å²) in [5, 5.41) is 3.08. The molecule has 0 saturated heterocycles. The van der Waals surface area contributed by atoms with Gasteiger partial charge in [0.25, 0.3) is 0 Å². The van der Waals surface area contributed by atoms with Crippen LogP contribution in [0, 0.1) is 0 Å². The number of nitrogens with one attached hydrogen (secondary N) is 1. The van der Waals surface area contributed by atoms with E-state index >= 15 is 0 Å². The Balaban J connectivity index is 4.97. The molecule has 88 heavy (non-hydrogen) atoms. The van der Waals surface area contributed by atoms with Crippen LogP contribution < -0.4 is 5.32 Å². The van der Waals surface area contributed by atoms with Gasteiger partial charge in [-0.05, 0) is 96.0 Å². The van der Waals surface area contributed by atoms with Crippen LogP contribution in [0.25, 0.3) is 0 Å². The van der Waals surface area contributed by atoms with Gasteiger partial charge in [-0.1, -0.05) is 326 Å². The van der Waals surface area contributed by atoms with Crippen LogP contribution in [-0.4, -0.2) is 74.3 Å². The van der Waals surface area contributed by atoms with Crippen LogP contribution in [0.4, 0.5) is 0 Å². The average Bonchev–Trinajstić information content (AvgIpc) is 3.52. The van der Waals surface area contributed by atoms with Crippen LogP contribution in [0.15, 0.2) is 60.8 Å². The number of unbranched alkanes of at least 4 members (excludes halogenated alkanes) is 46. The Morgan fingerprint density at radius 1 is 0.398 bits per heavy atom. The summed E-state index contributed by atoms with van der Waals surface area (Å²) >= 11 is 0. The quantitative estimate of drug-likeness (QED) is 0.0205. The van der Waals surface area contributed by atoms with Crippen LogP contribution in [0.3, 0.4) is 0 Å². The minimum absolute atomic E-state index is 0.0408. The van der Waals surface area contributed by atoms with E-state index in [1.165, 1.54) is 270 Å². The summed E-state index contributed by atoms with van der Waals surface area (Å²) in [6.45, 7) is 7.03. The molecule has 0 aliphatic rings. The van der Waals surface area contributed by atoms with E-state index < -0.39 is 20.0 Å². The number of likely N-dealkylation sites (N-methyl/N-ethyl adjacent to an activating group) is 1. The first kappa shape index (κ1) is 85.7. The highest BCUT2D eigenvalue weighted by Crippen LogP contribution is 2.43. The van der Waals surface area contributed by atoms with E-state index in [-0.39, 0.29) is 25.1 Å². The van der Waals surface area contributed by atoms with Gasteiger partial charge in [-0.2, -0.15) is 0 Å². The lowest BCUT2D eigenvalue weighted by Gasteiger charge is -2.27. The highest BCUT2D eigenvalue weighted by Gasteiger charge is 2.30. The fourth-order valence-corrected chi connectivity index (χ4v) is 12.0. The van der Waals surface area contributed by atoms with Crippen molar-refractivity contribution in [1.29, 1.82) is 0 Å². The minimum atomic E-state index is -4.46. The van der Waals surface area contributed by atoms with Crippen LogP contribution in [0.5, 0.6) is 0 Å². The second kappa shape index (κ2) is 67.6. The van der Waals surface area contributed by atoms with Gasteiger partial charge in [-0.3, -0.25) is 18.6 Å². The van der Waals surface area contributed by atoms with Gasteiger partial charge in [0.15, 0.2) is 0 Å². The fourth-order valence-electron chi connectivity index (χ4n) is 11.3. The molecule has 516 valence electrons. The third kappa shape index (κ3) is 68.1. The summed E-state index contributed by atoms with van der Waals surface area (Å²) in [5.74, 6) is -0.491. The molecule has 0 bridgehead atoms. The fraction of sp³-hybridized carbons (Fsp3) is 0.846. The van der Waals surface area contributed by atoms with Gasteiger partial charge >= 0.3 is 13.8 Å². The molecule has 0 aromatic heterocycles. The molecule has 0 spiro atoms. The number of rotatable bonds is 70. The summed E-state index contributed by atoms with van der Waals surface area (Å²) in [7, 11) is 1.51. The minimum Gasteiger partial charge on any atom is -0.456 e. The average molecular weight is 1260 g/mol. The maximum Gasteiger partial charge on any atom is 0.472 e. The lowest BCUT2D eigenvalue weighted by molar-refractivity contribution is -0.870. The first-order valence-electron chi connectivity index (χ1n) is 38.1. The number of hydrogen-bond donors (Lipinski definition) is 2. The van der Waals surface area contributed by atoms with Crippen molar-refractivity contribution in [3.63, 3.8) is 0 Å². The number of phosphoric acid groups is 1. The first-order chi connectivity index (χ1) is 42.9. The topological polar surface area (TPSA) is 111 Å². The number of amides is 1. The van der Waals surface area contributed by atoms with E-state index in [1.54, 1.807) is 0 Å². The van der Waals surface area contributed by atoms with Crippen LogP contribution in [0.2, 0.25) is 0 Å². The van der Waals surface area contributed by atoms with Crippen molar-refractivity contribution in [1.82, 2.24) is 5.32 Å². The second-order valence-corrected chi connectivity index (χ2v) is 28.6. The van der Waals surface area contributed by atoms with E-state index in [2.05, 4.69) is 74.7 Å². The standard InChI is InChI=1S/C78H147N2O7P/c1-7-10-13-16-19-22-25-28-30-32-34-36-38-40-42-44-46-48-50-52-55-58-61-64-67-70-77(81)79-75(74-86-88(83,84)85-73-72-80(4,5)6)76(69-66-63-60-57-54-27-24-21-18-15-12-9-3)87-78(82)71-68-65-62-59-56-53-51-49-47-45-43-41-39-37-35-33-31-29-26-23-20-17-14-11-8-2/h20,23,28-31,35,37,66,69,75-76H,7-19,21-22,24-27,32-34,36,38-65,67-68,70-74H2,1-6H3,(H-,79,81,83,84)/p+1/b23-20-,30-28+,31-29-,37-35-,69-66+. The van der Waals surface area contributed by atoms with E-state index in [0.29, 0.717) is 23.9 Å². The number of carbonyl (C=O) groups excluding carboxylic acids is 2. The van der Waals surface area contributed by atoms with Crippen LogP contribution in [0.1, 0.15) is 374 Å². The van der Waals surface area contributed by atoms with E-state index in [0.717, 1.165) is 70.6 Å². The Labute approximate surface area is 547 Å². The Hall–Kier alpha value is -2.29. The van der Waals surface area contributed by atoms with Crippen molar-refractivity contribution < 1.29 is 37.3 Å². The van der Waals surface area contributed by atoms with Crippen molar-refractivity contribution >= 4 is 19.7 Å². The van der Waals surface area contributed by atoms with Crippen LogP contribution in [-0.2, 0) is 27.9 Å². The predicted octanol–water partition coefficient (Wildman–Crippen LogP) is 24.5. The van der Waals surface area contributed by atoms with Gasteiger partial charge in [-0.15, -0.1) is 0 Å². The number of hydrogen-bond acceptors (Lipinski definition) is 6. The Bertz CT molecular complexity index is 1690. The second-order valence-electron chi connectivity index (χ2n) is 27.2. The molecule has 0 saturated carbocycles. The zero-order valence-corrected chi connectivity index (χ0v) is 60.1. The maximum absolute atomic E-state index is 13.6. The number of quaternary nitrogens is 1. The number of ether oxygens (including phenoxy) is 1. The van der Waals surface area contributed by atoms with E-state index in [9.17, 15) is 19.0 Å². The van der Waals surface area contributed by atoms with Gasteiger partial charge < -0.3 is 19.4 Å². The summed E-state index contributed by atoms with van der Waals surface area (Å²) in [5.41, 5.74) is 0. The third-order valence-electron chi connectivity index (χ3n) is 17.2. The van der Waals surface area contributed by atoms with Crippen molar-refractivity contribution in [3.8, 4) is 0 Å². The van der Waals surface area contributed by atoms with Gasteiger partial charge in [0.2, 0.25) is 5.91 Å². The molecule has 0 radical (unpaired) electrons. The van der Waals surface area contributed by atoms with Crippen molar-refractivity contribution in [3.05, 3.63) is 60.8 Å². The smallest absolute Gasteiger partial charge is 0.456 e. The maximum atomic E-state index is 13.6. The first-order valence-corrected chi connectivity index (χ1v) is 39.6. The SMILES string of the molecule is CCCCC/C=C\C/C=C\C/C=C\CCCCCCCCCCCCCCC(=O)OC(/C=C/CCCCCCCCCCCC)C(COP(=O)(O)OCC[N+](C)(C)C)NC(=O)CCCCCCCCCCCCCCCCC/C=C/CCCCCCCC. The van der Waals surface area contributed by atoms with Gasteiger partial charge in [0.05, 0.1) is 33.8 Å². The summed E-state index contributed by atoms with van der Waals surface area (Å²) in [4.78, 5) is 38.0. The highest BCUT2D eigenvalue weighted by molar-refractivity contribution is 7.47. The normalized spacial score (nSPS) is 13.8. The third-order valence-corrected chi connectivity index (χ3v) is 18.2. The van der Waals surface area contributed by atoms with Gasteiger partial charge in [-0.25, -0.2) is 4.57 Å². The zero-order valence-electron chi connectivity index (χ0n) is 59.2. The molecule has 0 aromatic carbocycles. The summed E-state index contributed by atoms with van der Waals surface area (Å²) < 4.78 is 30.9. The molecule has 0 aliphatic carbocycles. The molecule has 0 aliphatic heterocycles. The Morgan fingerprint density at radius 3 is 1.07 bits per heavy atom. The number of nitrogens with zero attached hydrogens (tertiary/aromatic N) is 1. The Kier molecular flexibility index (Phi) is 65.8. The monoisotopic (exact) mass is 1260 g/mol. The molecular weight excluding hydrogens is 1110 g/mol. The lowest BCUT2D eigenvalue weighted by atomic mass is 10.0. The molecule has 3 unspecified atom stereocenters. The van der Waals surface area contributed by atoms with Crippen LogP contribution >= 0.6 is 7.82 Å². The van der Waals surface area contributed by atoms with Gasteiger partial charge in [0.1, 0.15) is 19.3 Å². The summed E-state index contributed by atoms with van der Waals surface area (Å²) in [6.07, 6.45) is 88.1. The Morgan fingerprint density at radius 2 is 0.693 bits per heavy atom. The number of allylic oxidation sites excluding steroid dienone is 9. The molecule has 9 nitrogen and oxygen atoms in total. The van der Waals surface area contributed by atoms with Gasteiger partial charge in [0, 0.05) is 12.8 Å². The molecule has 1 amide bonds. The zero-order chi connectivity index (χ0) is 64.2. The van der Waals surface area contributed by atoms with E-state index in [4.69, 9.17) is 13.8 Å². The van der Waals surface area contributed by atoms with Crippen molar-refractivity contribution in [2.24, 2.45) is 0 Å². The molecule has 0 heterocycles. The summed E-state index contributed by atoms with van der Waals surface area (Å²) in [6, 6.07) is -0.850. The molecule has 0 aromatic rings. The van der Waals surface area contributed by atoms with Crippen molar-refractivity contribution in [2.75, 3.05) is 40.9 Å². The molecule has 2 N–H and O–H groups in total. The number of esters is 1. The molecule has 0 fully saturated rings. The molecule has 10 heteroatoms. The van der Waals surface area contributed by atoms with E-state index in [1.807, 2.05) is 33.3 Å². The molecule has 0 rings (SSSR count). The molecular formula is C78H148N2O7P+. The number of phosphoric ester groups is 1. The largest absolute Gasteiger partial charge is 0.472 e. The molecule has 3 atom stereocenters. The number of carbonyl (C=O) groups is 2.